The Morgan fingerprint density at radius 2 is 1.72 bits per heavy atom. The minimum atomic E-state index is -0.201. The van der Waals surface area contributed by atoms with Crippen LogP contribution in [0.3, 0.4) is 0 Å². The van der Waals surface area contributed by atoms with Crippen LogP contribution in [0.15, 0.2) is 24.3 Å². The molecular weight excluding hydrogens is 314 g/mol. The molecule has 0 saturated carbocycles. The van der Waals surface area contributed by atoms with Crippen LogP contribution in [0.2, 0.25) is 0 Å². The van der Waals surface area contributed by atoms with Crippen LogP contribution >= 0.6 is 0 Å². The Bertz CT molecular complexity index is 532. The van der Waals surface area contributed by atoms with E-state index in [4.69, 9.17) is 4.74 Å². The van der Waals surface area contributed by atoms with Gasteiger partial charge in [0.1, 0.15) is 6.61 Å². The highest BCUT2D eigenvalue weighted by atomic mass is 16.6. The van der Waals surface area contributed by atoms with Gasteiger partial charge < -0.3 is 19.9 Å². The second-order valence-corrected chi connectivity index (χ2v) is 7.39. The van der Waals surface area contributed by atoms with E-state index in [1.165, 1.54) is 37.9 Å². The summed E-state index contributed by atoms with van der Waals surface area (Å²) in [7, 11) is 2.21. The number of aryl methyl sites for hydroxylation is 1. The zero-order valence-electron chi connectivity index (χ0n) is 15.4. The summed E-state index contributed by atoms with van der Waals surface area (Å²) in [6, 6.07) is 8.55. The van der Waals surface area contributed by atoms with Crippen molar-refractivity contribution >= 4 is 6.09 Å². The maximum atomic E-state index is 12.0. The maximum Gasteiger partial charge on any atom is 0.410 e. The van der Waals surface area contributed by atoms with E-state index in [1.807, 2.05) is 0 Å². The van der Waals surface area contributed by atoms with Gasteiger partial charge in [-0.15, -0.1) is 0 Å². The van der Waals surface area contributed by atoms with Crippen LogP contribution in [0.25, 0.3) is 0 Å². The molecule has 25 heavy (non-hydrogen) atoms. The smallest absolute Gasteiger partial charge is 0.410 e. The van der Waals surface area contributed by atoms with Gasteiger partial charge in [0.15, 0.2) is 0 Å². The Kier molecular flexibility index (Phi) is 6.70. The van der Waals surface area contributed by atoms with Gasteiger partial charge in [-0.3, -0.25) is 0 Å². The molecule has 2 saturated heterocycles. The molecule has 5 heteroatoms. The van der Waals surface area contributed by atoms with Crippen LogP contribution in [-0.4, -0.2) is 62.2 Å². The molecule has 2 aliphatic heterocycles. The highest BCUT2D eigenvalue weighted by molar-refractivity contribution is 5.67. The molecular formula is C20H31N3O2. The maximum absolute atomic E-state index is 12.0. The van der Waals surface area contributed by atoms with Crippen molar-refractivity contribution in [3.63, 3.8) is 0 Å². The fourth-order valence-corrected chi connectivity index (χ4v) is 3.61. The Labute approximate surface area is 151 Å². The Morgan fingerprint density at radius 1 is 1.08 bits per heavy atom. The van der Waals surface area contributed by atoms with E-state index in [2.05, 4.69) is 41.5 Å². The molecule has 0 unspecified atom stereocenters. The van der Waals surface area contributed by atoms with Crippen molar-refractivity contribution < 1.29 is 9.53 Å². The molecule has 0 aromatic heterocycles. The van der Waals surface area contributed by atoms with E-state index in [1.54, 1.807) is 4.90 Å². The van der Waals surface area contributed by atoms with Crippen LogP contribution in [0.1, 0.15) is 30.4 Å². The van der Waals surface area contributed by atoms with Crippen molar-refractivity contribution in [1.29, 1.82) is 0 Å². The molecule has 0 bridgehead atoms. The molecule has 2 fully saturated rings. The lowest BCUT2D eigenvalue weighted by Gasteiger charge is -2.28. The van der Waals surface area contributed by atoms with E-state index in [0.717, 1.165) is 44.1 Å². The molecule has 0 spiro atoms. The average Bonchev–Trinajstić information content (AvgIpc) is 2.67. The van der Waals surface area contributed by atoms with Crippen LogP contribution in [0.5, 0.6) is 0 Å². The first kappa shape index (κ1) is 18.2. The van der Waals surface area contributed by atoms with Gasteiger partial charge in [0.2, 0.25) is 0 Å². The number of hydrogen-bond donors (Lipinski definition) is 1. The van der Waals surface area contributed by atoms with Crippen molar-refractivity contribution in [3.05, 3.63) is 35.4 Å². The summed E-state index contributed by atoms with van der Waals surface area (Å²) >= 11 is 0. The van der Waals surface area contributed by atoms with E-state index in [9.17, 15) is 4.79 Å². The molecule has 5 nitrogen and oxygen atoms in total. The van der Waals surface area contributed by atoms with Crippen LogP contribution in [0, 0.1) is 5.92 Å². The van der Waals surface area contributed by atoms with Crippen molar-refractivity contribution in [2.75, 3.05) is 46.3 Å². The fraction of sp³-hybridized carbons (Fsp3) is 0.650. The average molecular weight is 345 g/mol. The summed E-state index contributed by atoms with van der Waals surface area (Å²) in [5.41, 5.74) is 2.45. The summed E-state index contributed by atoms with van der Waals surface area (Å²) in [6.45, 7) is 5.99. The van der Waals surface area contributed by atoms with Crippen LogP contribution in [-0.2, 0) is 17.8 Å². The molecule has 138 valence electrons. The normalized spacial score (nSPS) is 19.8. The number of nitrogens with one attached hydrogen (secondary N) is 1. The van der Waals surface area contributed by atoms with E-state index in [-0.39, 0.29) is 6.09 Å². The third-order valence-electron chi connectivity index (χ3n) is 5.44. The first-order valence-electron chi connectivity index (χ1n) is 9.59. The minimum Gasteiger partial charge on any atom is -0.445 e. The second kappa shape index (κ2) is 9.20. The van der Waals surface area contributed by atoms with Crippen molar-refractivity contribution in [3.8, 4) is 0 Å². The molecule has 0 atom stereocenters. The molecule has 2 heterocycles. The first-order valence-corrected chi connectivity index (χ1v) is 9.59. The lowest BCUT2D eigenvalue weighted by molar-refractivity contribution is 0.0918. The monoisotopic (exact) mass is 345 g/mol. The molecule has 3 rings (SSSR count). The zero-order valence-corrected chi connectivity index (χ0v) is 15.4. The summed E-state index contributed by atoms with van der Waals surface area (Å²) < 4.78 is 5.43. The molecule has 1 aromatic carbocycles. The summed E-state index contributed by atoms with van der Waals surface area (Å²) in [4.78, 5) is 16.2. The van der Waals surface area contributed by atoms with Gasteiger partial charge >= 0.3 is 6.09 Å². The number of likely N-dealkylation sites (tertiary alicyclic amines) is 1. The first-order chi connectivity index (χ1) is 12.2. The Balaban J connectivity index is 1.38. The number of piperidine rings is 1. The summed E-state index contributed by atoms with van der Waals surface area (Å²) in [5.74, 6) is 0.871. The number of rotatable bonds is 5. The lowest BCUT2D eigenvalue weighted by atomic mass is 9.90. The van der Waals surface area contributed by atoms with Crippen molar-refractivity contribution in [2.45, 2.75) is 32.3 Å². The molecule has 0 radical (unpaired) electrons. The number of benzene rings is 1. The highest BCUT2D eigenvalue weighted by Crippen LogP contribution is 2.21. The summed E-state index contributed by atoms with van der Waals surface area (Å²) in [5, 5.41) is 3.24. The third-order valence-corrected chi connectivity index (χ3v) is 5.44. The number of carbonyl (C=O) groups excluding carboxylic acids is 1. The standard InChI is InChI=1S/C20H31N3O2/c1-22-12-8-18(9-13-22)3-2-17-4-6-19(7-5-17)16-25-20(24)23-14-10-21-11-15-23/h4-7,18,21H,2-3,8-16H2,1H3. The second-order valence-electron chi connectivity index (χ2n) is 7.39. The molecule has 0 aliphatic carbocycles. The number of amides is 1. The fourth-order valence-electron chi connectivity index (χ4n) is 3.61. The zero-order chi connectivity index (χ0) is 17.5. The van der Waals surface area contributed by atoms with Crippen LogP contribution in [0.4, 0.5) is 4.79 Å². The third kappa shape index (κ3) is 5.72. The number of carbonyl (C=O) groups is 1. The number of ether oxygens (including phenoxy) is 1. The van der Waals surface area contributed by atoms with E-state index >= 15 is 0 Å². The minimum absolute atomic E-state index is 0.201. The largest absolute Gasteiger partial charge is 0.445 e. The Hall–Kier alpha value is -1.59. The molecule has 2 aliphatic rings. The van der Waals surface area contributed by atoms with Gasteiger partial charge in [-0.2, -0.15) is 0 Å². The van der Waals surface area contributed by atoms with Gasteiger partial charge in [0, 0.05) is 26.2 Å². The predicted octanol–water partition coefficient (Wildman–Crippen LogP) is 2.50. The lowest BCUT2D eigenvalue weighted by Crippen LogP contribution is -2.46. The predicted molar refractivity (Wildman–Crippen MR) is 99.6 cm³/mol. The molecule has 1 aromatic rings. The van der Waals surface area contributed by atoms with Gasteiger partial charge in [-0.05, 0) is 62.9 Å². The topological polar surface area (TPSA) is 44.8 Å². The quantitative estimate of drug-likeness (QED) is 0.891. The number of piperazine rings is 1. The highest BCUT2D eigenvalue weighted by Gasteiger charge is 2.18. The molecule has 1 amide bonds. The SMILES string of the molecule is CN1CCC(CCc2ccc(COC(=O)N3CCNCC3)cc2)CC1. The van der Waals surface area contributed by atoms with Gasteiger partial charge in [0.25, 0.3) is 0 Å². The van der Waals surface area contributed by atoms with Gasteiger partial charge in [0.05, 0.1) is 0 Å². The van der Waals surface area contributed by atoms with Gasteiger partial charge in [-0.25, -0.2) is 4.79 Å². The number of hydrogen-bond acceptors (Lipinski definition) is 4. The van der Waals surface area contributed by atoms with Crippen molar-refractivity contribution in [1.82, 2.24) is 15.1 Å². The summed E-state index contributed by atoms with van der Waals surface area (Å²) in [6.07, 6.45) is 4.89. The van der Waals surface area contributed by atoms with Crippen LogP contribution < -0.4 is 5.32 Å². The Morgan fingerprint density at radius 3 is 2.40 bits per heavy atom. The van der Waals surface area contributed by atoms with E-state index in [0.29, 0.717) is 6.61 Å². The van der Waals surface area contributed by atoms with E-state index < -0.39 is 0 Å². The number of nitrogens with zero attached hydrogens (tertiary/aromatic N) is 2. The van der Waals surface area contributed by atoms with Gasteiger partial charge in [-0.1, -0.05) is 24.3 Å². The molecule has 1 N–H and O–H groups in total. The van der Waals surface area contributed by atoms with Crippen molar-refractivity contribution in [2.24, 2.45) is 5.92 Å².